The van der Waals surface area contributed by atoms with Gasteiger partial charge in [0.1, 0.15) is 0 Å². The zero-order valence-electron chi connectivity index (χ0n) is 12.0. The van der Waals surface area contributed by atoms with Crippen molar-refractivity contribution < 1.29 is 4.74 Å². The van der Waals surface area contributed by atoms with Gasteiger partial charge < -0.3 is 10.1 Å². The summed E-state index contributed by atoms with van der Waals surface area (Å²) >= 11 is 0. The average molecular weight is 252 g/mol. The van der Waals surface area contributed by atoms with Gasteiger partial charge in [-0.25, -0.2) is 0 Å². The Morgan fingerprint density at radius 2 is 2.00 bits per heavy atom. The average Bonchev–Trinajstić information content (AvgIpc) is 2.76. The predicted molar refractivity (Wildman–Crippen MR) is 77.8 cm³/mol. The van der Waals surface area contributed by atoms with Crippen LogP contribution in [0.4, 0.5) is 0 Å². The lowest BCUT2D eigenvalue weighted by molar-refractivity contribution is 0.116. The molecule has 18 heavy (non-hydrogen) atoms. The molecule has 3 nitrogen and oxygen atoms in total. The van der Waals surface area contributed by atoms with Crippen molar-refractivity contribution in [3.63, 3.8) is 0 Å². The highest BCUT2D eigenvalue weighted by Crippen LogP contribution is 2.29. The summed E-state index contributed by atoms with van der Waals surface area (Å²) < 4.78 is 5.63. The van der Waals surface area contributed by atoms with E-state index >= 15 is 0 Å². The SMILES string of the molecule is C=CCN(CC=C)CC1(CNC(C)C)CCOC1. The topological polar surface area (TPSA) is 24.5 Å². The summed E-state index contributed by atoms with van der Waals surface area (Å²) in [5.41, 5.74) is 0.246. The maximum atomic E-state index is 5.63. The van der Waals surface area contributed by atoms with Crippen molar-refractivity contribution in [3.05, 3.63) is 25.3 Å². The van der Waals surface area contributed by atoms with Crippen LogP contribution in [-0.2, 0) is 4.74 Å². The van der Waals surface area contributed by atoms with E-state index < -0.39 is 0 Å². The molecule has 0 spiro atoms. The third-order valence-electron chi connectivity index (χ3n) is 3.40. The summed E-state index contributed by atoms with van der Waals surface area (Å²) in [5.74, 6) is 0. The molecule has 1 aliphatic heterocycles. The molecular formula is C15H28N2O. The minimum atomic E-state index is 0.246. The van der Waals surface area contributed by atoms with E-state index in [1.807, 2.05) is 12.2 Å². The Hall–Kier alpha value is -0.640. The van der Waals surface area contributed by atoms with E-state index in [1.165, 1.54) is 0 Å². The number of ether oxygens (including phenoxy) is 1. The fraction of sp³-hybridized carbons (Fsp3) is 0.733. The third kappa shape index (κ3) is 4.92. The van der Waals surface area contributed by atoms with E-state index in [2.05, 4.69) is 37.2 Å². The lowest BCUT2D eigenvalue weighted by Crippen LogP contribution is -2.46. The van der Waals surface area contributed by atoms with Gasteiger partial charge in [0, 0.05) is 44.2 Å². The molecule has 0 aromatic heterocycles. The first kappa shape index (κ1) is 15.4. The number of hydrogen-bond acceptors (Lipinski definition) is 3. The maximum absolute atomic E-state index is 5.63. The summed E-state index contributed by atoms with van der Waals surface area (Å²) in [7, 11) is 0. The van der Waals surface area contributed by atoms with Crippen LogP contribution < -0.4 is 5.32 Å². The molecule has 0 aliphatic carbocycles. The molecule has 0 saturated carbocycles. The number of rotatable bonds is 9. The van der Waals surface area contributed by atoms with E-state index in [0.29, 0.717) is 6.04 Å². The molecule has 0 amide bonds. The van der Waals surface area contributed by atoms with Crippen molar-refractivity contribution in [2.75, 3.05) is 39.4 Å². The van der Waals surface area contributed by atoms with Crippen LogP contribution in [0.3, 0.4) is 0 Å². The van der Waals surface area contributed by atoms with Gasteiger partial charge in [-0.3, -0.25) is 4.90 Å². The molecule has 3 heteroatoms. The van der Waals surface area contributed by atoms with Crippen LogP contribution in [0.15, 0.2) is 25.3 Å². The van der Waals surface area contributed by atoms with Crippen molar-refractivity contribution in [2.45, 2.75) is 26.3 Å². The van der Waals surface area contributed by atoms with E-state index in [4.69, 9.17) is 4.74 Å². The van der Waals surface area contributed by atoms with Gasteiger partial charge in [0.2, 0.25) is 0 Å². The number of hydrogen-bond donors (Lipinski definition) is 1. The minimum Gasteiger partial charge on any atom is -0.381 e. The van der Waals surface area contributed by atoms with E-state index in [-0.39, 0.29) is 5.41 Å². The lowest BCUT2D eigenvalue weighted by Gasteiger charge is -2.34. The molecule has 1 aliphatic rings. The fourth-order valence-corrected chi connectivity index (χ4v) is 2.43. The molecule has 0 bridgehead atoms. The summed E-state index contributed by atoms with van der Waals surface area (Å²) in [6, 6.07) is 0.523. The quantitative estimate of drug-likeness (QED) is 0.636. The van der Waals surface area contributed by atoms with Gasteiger partial charge in [-0.1, -0.05) is 26.0 Å². The van der Waals surface area contributed by atoms with Gasteiger partial charge >= 0.3 is 0 Å². The molecule has 1 unspecified atom stereocenters. The molecular weight excluding hydrogens is 224 g/mol. The van der Waals surface area contributed by atoms with Crippen LogP contribution in [0.5, 0.6) is 0 Å². The number of nitrogens with zero attached hydrogens (tertiary/aromatic N) is 1. The van der Waals surface area contributed by atoms with Gasteiger partial charge in [0.15, 0.2) is 0 Å². The van der Waals surface area contributed by atoms with E-state index in [1.54, 1.807) is 0 Å². The molecule has 0 aromatic carbocycles. The zero-order chi connectivity index (χ0) is 13.4. The van der Waals surface area contributed by atoms with Gasteiger partial charge in [0.25, 0.3) is 0 Å². The molecule has 0 radical (unpaired) electrons. The van der Waals surface area contributed by atoms with Crippen molar-refractivity contribution in [1.29, 1.82) is 0 Å². The minimum absolute atomic E-state index is 0.246. The summed E-state index contributed by atoms with van der Waals surface area (Å²) in [6.45, 7) is 17.7. The van der Waals surface area contributed by atoms with Crippen molar-refractivity contribution in [3.8, 4) is 0 Å². The van der Waals surface area contributed by atoms with Crippen molar-refractivity contribution in [1.82, 2.24) is 10.2 Å². The standard InChI is InChI=1S/C15H28N2O/c1-5-8-17(9-6-2)12-15(7-10-18-13-15)11-16-14(3)4/h5-6,14,16H,1-2,7-13H2,3-4H3. The molecule has 1 rings (SSSR count). The molecule has 1 saturated heterocycles. The summed E-state index contributed by atoms with van der Waals surface area (Å²) in [6.07, 6.45) is 5.06. The zero-order valence-corrected chi connectivity index (χ0v) is 12.0. The van der Waals surface area contributed by atoms with Crippen LogP contribution in [0.25, 0.3) is 0 Å². The Bertz CT molecular complexity index is 247. The maximum Gasteiger partial charge on any atom is 0.0547 e. The second-order valence-corrected chi connectivity index (χ2v) is 5.61. The Kier molecular flexibility index (Phi) is 6.61. The largest absolute Gasteiger partial charge is 0.381 e. The third-order valence-corrected chi connectivity index (χ3v) is 3.40. The molecule has 0 aromatic rings. The Balaban J connectivity index is 2.58. The first-order chi connectivity index (χ1) is 8.62. The van der Waals surface area contributed by atoms with Gasteiger partial charge in [-0.05, 0) is 6.42 Å². The first-order valence-corrected chi connectivity index (χ1v) is 6.87. The van der Waals surface area contributed by atoms with Gasteiger partial charge in [-0.15, -0.1) is 13.2 Å². The highest BCUT2D eigenvalue weighted by molar-refractivity contribution is 4.91. The molecule has 1 fully saturated rings. The van der Waals surface area contributed by atoms with Gasteiger partial charge in [0.05, 0.1) is 6.61 Å². The van der Waals surface area contributed by atoms with Crippen molar-refractivity contribution in [2.24, 2.45) is 5.41 Å². The lowest BCUT2D eigenvalue weighted by atomic mass is 9.86. The normalized spacial score (nSPS) is 23.8. The first-order valence-electron chi connectivity index (χ1n) is 6.87. The summed E-state index contributed by atoms with van der Waals surface area (Å²) in [4.78, 5) is 2.39. The molecule has 104 valence electrons. The van der Waals surface area contributed by atoms with Gasteiger partial charge in [-0.2, -0.15) is 0 Å². The summed E-state index contributed by atoms with van der Waals surface area (Å²) in [5, 5.41) is 3.56. The highest BCUT2D eigenvalue weighted by Gasteiger charge is 2.36. The van der Waals surface area contributed by atoms with E-state index in [9.17, 15) is 0 Å². The molecule has 1 N–H and O–H groups in total. The Morgan fingerprint density at radius 1 is 1.33 bits per heavy atom. The monoisotopic (exact) mass is 252 g/mol. The predicted octanol–water partition coefficient (Wildman–Crippen LogP) is 2.07. The Labute approximate surface area is 112 Å². The Morgan fingerprint density at radius 3 is 2.44 bits per heavy atom. The van der Waals surface area contributed by atoms with Crippen LogP contribution in [0, 0.1) is 5.41 Å². The fourth-order valence-electron chi connectivity index (χ4n) is 2.43. The molecule has 1 heterocycles. The van der Waals surface area contributed by atoms with Crippen LogP contribution in [0.2, 0.25) is 0 Å². The van der Waals surface area contributed by atoms with Crippen LogP contribution >= 0.6 is 0 Å². The number of nitrogens with one attached hydrogen (secondary N) is 1. The van der Waals surface area contributed by atoms with Crippen LogP contribution in [-0.4, -0.2) is 50.3 Å². The van der Waals surface area contributed by atoms with E-state index in [0.717, 1.165) is 45.8 Å². The highest BCUT2D eigenvalue weighted by atomic mass is 16.5. The molecule has 1 atom stereocenters. The van der Waals surface area contributed by atoms with Crippen molar-refractivity contribution >= 4 is 0 Å². The smallest absolute Gasteiger partial charge is 0.0547 e. The van der Waals surface area contributed by atoms with Crippen LogP contribution in [0.1, 0.15) is 20.3 Å². The second-order valence-electron chi connectivity index (χ2n) is 5.61. The second kappa shape index (κ2) is 7.72.